The lowest BCUT2D eigenvalue weighted by atomic mass is 9.98. The topological polar surface area (TPSA) is 73.1 Å². The molecule has 1 aromatic heterocycles. The number of aliphatic hydroxyl groups excluding tert-OH is 1. The smallest absolute Gasteiger partial charge is 0.154 e. The number of rotatable bonds is 5. The summed E-state index contributed by atoms with van der Waals surface area (Å²) in [4.78, 5) is 0. The molecule has 1 aromatic rings. The summed E-state index contributed by atoms with van der Waals surface area (Å²) >= 11 is 0. The maximum atomic E-state index is 10.3. The number of tetrazole rings is 1. The average Bonchev–Trinajstić information content (AvgIpc) is 3.11. The Labute approximate surface area is 119 Å². The number of aromatic nitrogens is 4. The Morgan fingerprint density at radius 2 is 1.95 bits per heavy atom. The Morgan fingerprint density at radius 3 is 2.70 bits per heavy atom. The summed E-state index contributed by atoms with van der Waals surface area (Å²) in [5, 5.41) is 22.3. The Balaban J connectivity index is 1.57. The zero-order valence-electron chi connectivity index (χ0n) is 11.9. The molecule has 1 aliphatic heterocycles. The van der Waals surface area contributed by atoms with Crippen LogP contribution in [-0.2, 0) is 11.3 Å². The van der Waals surface area contributed by atoms with Crippen molar-refractivity contribution in [2.75, 3.05) is 13.2 Å². The van der Waals surface area contributed by atoms with Crippen LogP contribution in [-0.4, -0.2) is 44.6 Å². The maximum absolute atomic E-state index is 10.3. The molecule has 20 heavy (non-hydrogen) atoms. The van der Waals surface area contributed by atoms with E-state index in [-0.39, 0.29) is 6.10 Å². The van der Waals surface area contributed by atoms with Crippen molar-refractivity contribution in [2.45, 2.75) is 63.5 Å². The molecular weight excluding hydrogens is 256 g/mol. The van der Waals surface area contributed by atoms with Gasteiger partial charge in [-0.3, -0.25) is 0 Å². The molecule has 0 aromatic carbocycles. The molecule has 1 saturated carbocycles. The predicted octanol–water partition coefficient (Wildman–Crippen LogP) is 1.51. The van der Waals surface area contributed by atoms with Gasteiger partial charge in [0.05, 0.1) is 12.6 Å². The van der Waals surface area contributed by atoms with Gasteiger partial charge in [0.2, 0.25) is 0 Å². The van der Waals surface area contributed by atoms with Gasteiger partial charge in [-0.25, -0.2) is 4.68 Å². The van der Waals surface area contributed by atoms with Crippen LogP contribution in [0.3, 0.4) is 0 Å². The summed E-state index contributed by atoms with van der Waals surface area (Å²) in [7, 11) is 0. The molecule has 1 aliphatic carbocycles. The summed E-state index contributed by atoms with van der Waals surface area (Å²) in [6.45, 7) is 2.08. The fourth-order valence-electron chi connectivity index (χ4n) is 3.49. The summed E-state index contributed by atoms with van der Waals surface area (Å²) < 4.78 is 7.18. The first kappa shape index (κ1) is 13.9. The van der Waals surface area contributed by atoms with Crippen molar-refractivity contribution in [3.63, 3.8) is 0 Å². The van der Waals surface area contributed by atoms with Crippen molar-refractivity contribution in [3.8, 4) is 0 Å². The van der Waals surface area contributed by atoms with E-state index in [0.717, 1.165) is 38.3 Å². The van der Waals surface area contributed by atoms with Crippen LogP contribution in [0.5, 0.6) is 0 Å². The van der Waals surface area contributed by atoms with E-state index >= 15 is 0 Å². The Morgan fingerprint density at radius 1 is 1.20 bits per heavy atom. The lowest BCUT2D eigenvalue weighted by Crippen LogP contribution is -2.24. The maximum Gasteiger partial charge on any atom is 0.154 e. The van der Waals surface area contributed by atoms with Crippen molar-refractivity contribution in [3.05, 3.63) is 5.82 Å². The minimum Gasteiger partial charge on any atom is -0.391 e. The quantitative estimate of drug-likeness (QED) is 0.885. The molecular formula is C14H24N4O2. The summed E-state index contributed by atoms with van der Waals surface area (Å²) in [6, 6.07) is 0. The van der Waals surface area contributed by atoms with Gasteiger partial charge in [-0.05, 0) is 35.6 Å². The number of nitrogens with zero attached hydrogens (tertiary/aromatic N) is 4. The molecule has 2 aliphatic rings. The molecule has 1 atom stereocenters. The standard InChI is InChI=1S/C14H24N4O2/c19-13(9-11-3-1-2-4-11)10-18-14(15-16-17-18)12-5-7-20-8-6-12/h11-13,19H,1-10H2. The highest BCUT2D eigenvalue weighted by atomic mass is 16.5. The van der Waals surface area contributed by atoms with Gasteiger partial charge in [-0.15, -0.1) is 5.10 Å². The highest BCUT2D eigenvalue weighted by molar-refractivity contribution is 4.95. The second-order valence-corrected chi connectivity index (χ2v) is 6.15. The van der Waals surface area contributed by atoms with Gasteiger partial charge >= 0.3 is 0 Å². The first-order valence-corrected chi connectivity index (χ1v) is 7.85. The highest BCUT2D eigenvalue weighted by Crippen LogP contribution is 2.29. The third-order valence-corrected chi connectivity index (χ3v) is 4.61. The van der Waals surface area contributed by atoms with Crippen LogP contribution < -0.4 is 0 Å². The summed E-state index contributed by atoms with van der Waals surface area (Å²) in [5.74, 6) is 1.98. The molecule has 2 heterocycles. The van der Waals surface area contributed by atoms with Crippen molar-refractivity contribution in [1.29, 1.82) is 0 Å². The van der Waals surface area contributed by atoms with Gasteiger partial charge in [0.1, 0.15) is 0 Å². The fraction of sp³-hybridized carbons (Fsp3) is 0.929. The molecule has 2 fully saturated rings. The van der Waals surface area contributed by atoms with E-state index in [9.17, 15) is 5.11 Å². The molecule has 1 N–H and O–H groups in total. The number of hydrogen-bond donors (Lipinski definition) is 1. The van der Waals surface area contributed by atoms with E-state index in [1.807, 2.05) is 0 Å². The van der Waals surface area contributed by atoms with Crippen molar-refractivity contribution < 1.29 is 9.84 Å². The minimum absolute atomic E-state index is 0.333. The van der Waals surface area contributed by atoms with Crippen LogP contribution in [0.25, 0.3) is 0 Å². The Kier molecular flexibility index (Phi) is 4.62. The average molecular weight is 280 g/mol. The van der Waals surface area contributed by atoms with Gasteiger partial charge in [0.15, 0.2) is 5.82 Å². The van der Waals surface area contributed by atoms with E-state index in [1.54, 1.807) is 4.68 Å². The first-order valence-electron chi connectivity index (χ1n) is 7.85. The van der Waals surface area contributed by atoms with Gasteiger partial charge < -0.3 is 9.84 Å². The largest absolute Gasteiger partial charge is 0.391 e. The molecule has 6 nitrogen and oxygen atoms in total. The highest BCUT2D eigenvalue weighted by Gasteiger charge is 2.24. The predicted molar refractivity (Wildman–Crippen MR) is 73.2 cm³/mol. The molecule has 0 spiro atoms. The Hall–Kier alpha value is -1.01. The number of hydrogen-bond acceptors (Lipinski definition) is 5. The van der Waals surface area contributed by atoms with Crippen LogP contribution in [0.1, 0.15) is 56.7 Å². The summed E-state index contributed by atoms with van der Waals surface area (Å²) in [6.07, 6.45) is 7.65. The van der Waals surface area contributed by atoms with Gasteiger partial charge in [0, 0.05) is 19.1 Å². The molecule has 1 saturated heterocycles. The normalized spacial score (nSPS) is 23.2. The number of ether oxygens (including phenoxy) is 1. The van der Waals surface area contributed by atoms with E-state index in [4.69, 9.17) is 4.74 Å². The van der Waals surface area contributed by atoms with Crippen molar-refractivity contribution in [2.24, 2.45) is 5.92 Å². The monoisotopic (exact) mass is 280 g/mol. The van der Waals surface area contributed by atoms with Crippen molar-refractivity contribution in [1.82, 2.24) is 20.2 Å². The summed E-state index contributed by atoms with van der Waals surface area (Å²) in [5.41, 5.74) is 0. The van der Waals surface area contributed by atoms with Crippen LogP contribution in [0.15, 0.2) is 0 Å². The third kappa shape index (κ3) is 3.35. The zero-order valence-corrected chi connectivity index (χ0v) is 11.9. The van der Waals surface area contributed by atoms with Crippen LogP contribution in [0.4, 0.5) is 0 Å². The second kappa shape index (κ2) is 6.63. The molecule has 0 amide bonds. The van der Waals surface area contributed by atoms with E-state index < -0.39 is 0 Å². The lowest BCUT2D eigenvalue weighted by molar-refractivity contribution is 0.0801. The lowest BCUT2D eigenvalue weighted by Gasteiger charge is -2.22. The molecule has 6 heteroatoms. The number of aliphatic hydroxyl groups is 1. The van der Waals surface area contributed by atoms with Crippen LogP contribution >= 0.6 is 0 Å². The molecule has 0 bridgehead atoms. The fourth-order valence-corrected chi connectivity index (χ4v) is 3.49. The SMILES string of the molecule is OC(CC1CCCC1)Cn1nnnc1C1CCOCC1. The van der Waals surface area contributed by atoms with Gasteiger partial charge in [0.25, 0.3) is 0 Å². The minimum atomic E-state index is -0.333. The van der Waals surface area contributed by atoms with Crippen molar-refractivity contribution >= 4 is 0 Å². The molecule has 112 valence electrons. The Bertz CT molecular complexity index is 411. The molecule has 0 radical (unpaired) electrons. The van der Waals surface area contributed by atoms with Crippen LogP contribution in [0, 0.1) is 5.92 Å². The molecule has 1 unspecified atom stereocenters. The molecule has 3 rings (SSSR count). The van der Waals surface area contributed by atoms with Gasteiger partial charge in [-0.1, -0.05) is 25.7 Å². The third-order valence-electron chi connectivity index (χ3n) is 4.61. The van der Waals surface area contributed by atoms with Gasteiger partial charge in [-0.2, -0.15) is 0 Å². The van der Waals surface area contributed by atoms with E-state index in [2.05, 4.69) is 15.5 Å². The van der Waals surface area contributed by atoms with E-state index in [0.29, 0.717) is 18.4 Å². The van der Waals surface area contributed by atoms with Crippen LogP contribution in [0.2, 0.25) is 0 Å². The zero-order chi connectivity index (χ0) is 13.8. The second-order valence-electron chi connectivity index (χ2n) is 6.15. The van der Waals surface area contributed by atoms with E-state index in [1.165, 1.54) is 25.7 Å². The first-order chi connectivity index (χ1) is 9.83.